The van der Waals surface area contributed by atoms with Gasteiger partial charge in [0.15, 0.2) is 0 Å². The van der Waals surface area contributed by atoms with Crippen LogP contribution < -0.4 is 15.2 Å². The number of nitrogens with two attached hydrogens (primary N) is 1. The Morgan fingerprint density at radius 2 is 2.10 bits per heavy atom. The predicted molar refractivity (Wildman–Crippen MR) is 89.1 cm³/mol. The number of hydrogen-bond donors (Lipinski definition) is 1. The maximum Gasteiger partial charge on any atom is 0.126 e. The van der Waals surface area contributed by atoms with E-state index in [0.29, 0.717) is 0 Å². The normalized spacial score (nSPS) is 12.0. The zero-order chi connectivity index (χ0) is 15.5. The maximum absolute atomic E-state index is 6.06. The highest BCUT2D eigenvalue weighted by atomic mass is 16.5. The first-order chi connectivity index (χ1) is 10.2. The van der Waals surface area contributed by atoms with Crippen LogP contribution >= 0.6 is 0 Å². The zero-order valence-electron chi connectivity index (χ0n) is 13.4. The molecule has 1 aromatic carbocycles. The van der Waals surface area contributed by atoms with E-state index in [2.05, 4.69) is 19.6 Å². The van der Waals surface area contributed by atoms with Crippen LogP contribution in [0.4, 0.5) is 0 Å². The molecule has 0 radical (unpaired) electrons. The van der Waals surface area contributed by atoms with Gasteiger partial charge in [0.2, 0.25) is 0 Å². The van der Waals surface area contributed by atoms with Crippen molar-refractivity contribution in [2.24, 2.45) is 5.73 Å². The fourth-order valence-corrected chi connectivity index (χ4v) is 2.14. The van der Waals surface area contributed by atoms with Crippen molar-refractivity contribution in [2.45, 2.75) is 51.5 Å². The number of rotatable bonds is 11. The fourth-order valence-electron chi connectivity index (χ4n) is 2.14. The van der Waals surface area contributed by atoms with Crippen molar-refractivity contribution in [1.82, 2.24) is 0 Å². The van der Waals surface area contributed by atoms with E-state index in [9.17, 15) is 0 Å². The molecule has 0 aliphatic heterocycles. The third-order valence-electron chi connectivity index (χ3n) is 3.59. The summed E-state index contributed by atoms with van der Waals surface area (Å²) in [6, 6.07) is 6.16. The maximum atomic E-state index is 6.06. The van der Waals surface area contributed by atoms with E-state index in [1.54, 1.807) is 7.11 Å². The van der Waals surface area contributed by atoms with Gasteiger partial charge in [-0.25, -0.2) is 0 Å². The average Bonchev–Trinajstić information content (AvgIpc) is 2.51. The molecule has 3 nitrogen and oxygen atoms in total. The molecule has 1 rings (SSSR count). The van der Waals surface area contributed by atoms with Crippen LogP contribution in [0.25, 0.3) is 0 Å². The number of ether oxygens (including phenoxy) is 2. The van der Waals surface area contributed by atoms with Crippen molar-refractivity contribution in [3.8, 4) is 11.5 Å². The Kier molecular flexibility index (Phi) is 8.60. The minimum atomic E-state index is 0.174. The Labute approximate surface area is 129 Å². The Hall–Kier alpha value is -1.48. The summed E-state index contributed by atoms with van der Waals surface area (Å²) in [6.07, 6.45) is 8.25. The Bertz CT molecular complexity index is 418. The van der Waals surface area contributed by atoms with Gasteiger partial charge in [-0.1, -0.05) is 19.1 Å². The minimum Gasteiger partial charge on any atom is -0.497 e. The number of unbranched alkanes of at least 4 members (excludes halogenated alkanes) is 3. The van der Waals surface area contributed by atoms with Crippen LogP contribution in [0.3, 0.4) is 0 Å². The third kappa shape index (κ3) is 6.67. The van der Waals surface area contributed by atoms with Crippen molar-refractivity contribution >= 4 is 0 Å². The molecule has 21 heavy (non-hydrogen) atoms. The zero-order valence-corrected chi connectivity index (χ0v) is 13.4. The van der Waals surface area contributed by atoms with Crippen molar-refractivity contribution in [3.05, 3.63) is 36.4 Å². The molecular weight excluding hydrogens is 262 g/mol. The lowest BCUT2D eigenvalue weighted by atomic mass is 10.0. The minimum absolute atomic E-state index is 0.174. The first-order valence-electron chi connectivity index (χ1n) is 7.87. The van der Waals surface area contributed by atoms with Gasteiger partial charge in [-0.2, -0.15) is 0 Å². The van der Waals surface area contributed by atoms with Gasteiger partial charge in [-0.3, -0.25) is 0 Å². The molecule has 0 fully saturated rings. The standard InChI is InChI=1S/C18H29NO2/c1-4-6-7-8-9-12-21-18-14-17(20-3)11-10-15(18)13-16(19)5-2/h4,10-11,14,16H,1,5-9,12-13,19H2,2-3H3. The van der Waals surface area contributed by atoms with Crippen LogP contribution in [0, 0.1) is 0 Å². The molecule has 3 heteroatoms. The summed E-state index contributed by atoms with van der Waals surface area (Å²) < 4.78 is 11.2. The van der Waals surface area contributed by atoms with Gasteiger partial charge >= 0.3 is 0 Å². The second-order valence-electron chi connectivity index (χ2n) is 5.33. The molecule has 0 aliphatic carbocycles. The SMILES string of the molecule is C=CCCCCCOc1cc(OC)ccc1CC(N)CC. The fraction of sp³-hybridized carbons (Fsp3) is 0.556. The van der Waals surface area contributed by atoms with Crippen LogP contribution in [0.5, 0.6) is 11.5 Å². The number of methoxy groups -OCH3 is 1. The van der Waals surface area contributed by atoms with E-state index in [1.165, 1.54) is 12.8 Å². The molecule has 1 atom stereocenters. The second-order valence-corrected chi connectivity index (χ2v) is 5.33. The van der Waals surface area contributed by atoms with E-state index in [-0.39, 0.29) is 6.04 Å². The Morgan fingerprint density at radius 3 is 2.76 bits per heavy atom. The quantitative estimate of drug-likeness (QED) is 0.493. The van der Waals surface area contributed by atoms with E-state index in [4.69, 9.17) is 15.2 Å². The highest BCUT2D eigenvalue weighted by Crippen LogP contribution is 2.26. The molecule has 0 spiro atoms. The molecule has 1 unspecified atom stereocenters. The van der Waals surface area contributed by atoms with Crippen LogP contribution in [-0.2, 0) is 6.42 Å². The first kappa shape index (κ1) is 17.6. The van der Waals surface area contributed by atoms with Crippen LogP contribution in [0.1, 0.15) is 44.6 Å². The summed E-state index contributed by atoms with van der Waals surface area (Å²) in [6.45, 7) is 6.58. The molecule has 0 saturated heterocycles. The van der Waals surface area contributed by atoms with E-state index < -0.39 is 0 Å². The molecule has 0 bridgehead atoms. The molecule has 0 saturated carbocycles. The molecular formula is C18H29NO2. The average molecular weight is 291 g/mol. The lowest BCUT2D eigenvalue weighted by molar-refractivity contribution is 0.299. The van der Waals surface area contributed by atoms with Gasteiger partial charge in [0, 0.05) is 12.1 Å². The van der Waals surface area contributed by atoms with E-state index in [1.807, 2.05) is 18.2 Å². The smallest absolute Gasteiger partial charge is 0.126 e. The second kappa shape index (κ2) is 10.3. The molecule has 118 valence electrons. The van der Waals surface area contributed by atoms with Crippen LogP contribution in [0.15, 0.2) is 30.9 Å². The predicted octanol–water partition coefficient (Wildman–Crippen LogP) is 4.10. The van der Waals surface area contributed by atoms with Crippen molar-refractivity contribution in [3.63, 3.8) is 0 Å². The highest BCUT2D eigenvalue weighted by Gasteiger charge is 2.09. The molecule has 0 aliphatic rings. The number of benzene rings is 1. The molecule has 1 aromatic rings. The number of allylic oxidation sites excluding steroid dienone is 1. The summed E-state index contributed by atoms with van der Waals surface area (Å²) in [5.74, 6) is 1.73. The summed E-state index contributed by atoms with van der Waals surface area (Å²) in [5.41, 5.74) is 7.22. The first-order valence-corrected chi connectivity index (χ1v) is 7.87. The van der Waals surface area contributed by atoms with Gasteiger partial charge in [-0.05, 0) is 50.2 Å². The lowest BCUT2D eigenvalue weighted by Crippen LogP contribution is -2.21. The van der Waals surface area contributed by atoms with Crippen molar-refractivity contribution in [2.75, 3.05) is 13.7 Å². The summed E-state index contributed by atoms with van der Waals surface area (Å²) in [5, 5.41) is 0. The van der Waals surface area contributed by atoms with E-state index in [0.717, 1.165) is 49.4 Å². The van der Waals surface area contributed by atoms with Gasteiger partial charge in [0.05, 0.1) is 13.7 Å². The van der Waals surface area contributed by atoms with Gasteiger partial charge < -0.3 is 15.2 Å². The summed E-state index contributed by atoms with van der Waals surface area (Å²) in [4.78, 5) is 0. The van der Waals surface area contributed by atoms with Gasteiger partial charge in [0.1, 0.15) is 11.5 Å². The third-order valence-corrected chi connectivity index (χ3v) is 3.59. The van der Waals surface area contributed by atoms with Crippen molar-refractivity contribution < 1.29 is 9.47 Å². The molecule has 0 amide bonds. The Balaban J connectivity index is 2.57. The molecule has 0 aromatic heterocycles. The Morgan fingerprint density at radius 1 is 1.29 bits per heavy atom. The summed E-state index contributed by atoms with van der Waals surface area (Å²) in [7, 11) is 1.67. The van der Waals surface area contributed by atoms with E-state index >= 15 is 0 Å². The number of hydrogen-bond acceptors (Lipinski definition) is 3. The van der Waals surface area contributed by atoms with Gasteiger partial charge in [0.25, 0.3) is 0 Å². The van der Waals surface area contributed by atoms with Gasteiger partial charge in [-0.15, -0.1) is 6.58 Å². The topological polar surface area (TPSA) is 44.5 Å². The van der Waals surface area contributed by atoms with Crippen molar-refractivity contribution in [1.29, 1.82) is 0 Å². The molecule has 0 heterocycles. The summed E-state index contributed by atoms with van der Waals surface area (Å²) >= 11 is 0. The monoisotopic (exact) mass is 291 g/mol. The lowest BCUT2D eigenvalue weighted by Gasteiger charge is -2.15. The van der Waals surface area contributed by atoms with Crippen LogP contribution in [0.2, 0.25) is 0 Å². The van der Waals surface area contributed by atoms with Crippen LogP contribution in [-0.4, -0.2) is 19.8 Å². The highest BCUT2D eigenvalue weighted by molar-refractivity contribution is 5.41. The molecule has 2 N–H and O–H groups in total. The largest absolute Gasteiger partial charge is 0.497 e.